The lowest BCUT2D eigenvalue weighted by Crippen LogP contribution is -2.33. The molecule has 0 aliphatic carbocycles. The molecule has 7 heteroatoms. The molecule has 0 saturated carbocycles. The number of carbonyl (C=O) groups is 1. The highest BCUT2D eigenvalue weighted by atomic mass is 35.5. The molecule has 22 heavy (non-hydrogen) atoms. The SMILES string of the molecule is CCc1nc(CNC(=O)C(CN)c2ccccc2)cs1.Cl.Cl. The first kappa shape index (κ1) is 20.9. The summed E-state index contributed by atoms with van der Waals surface area (Å²) >= 11 is 1.62. The molecule has 1 atom stereocenters. The van der Waals surface area contributed by atoms with Gasteiger partial charge in [-0.1, -0.05) is 37.3 Å². The van der Waals surface area contributed by atoms with E-state index in [4.69, 9.17) is 5.73 Å². The summed E-state index contributed by atoms with van der Waals surface area (Å²) < 4.78 is 0. The van der Waals surface area contributed by atoms with Crippen LogP contribution in [-0.4, -0.2) is 17.4 Å². The summed E-state index contributed by atoms with van der Waals surface area (Å²) in [6.45, 7) is 2.83. The van der Waals surface area contributed by atoms with Gasteiger partial charge in [-0.15, -0.1) is 36.2 Å². The maximum absolute atomic E-state index is 12.2. The molecular weight excluding hydrogens is 341 g/mol. The van der Waals surface area contributed by atoms with E-state index in [0.29, 0.717) is 13.1 Å². The molecule has 0 aliphatic rings. The molecule has 1 aromatic carbocycles. The van der Waals surface area contributed by atoms with E-state index in [1.807, 2.05) is 35.7 Å². The maximum atomic E-state index is 12.2. The third kappa shape index (κ3) is 5.57. The zero-order valence-corrected chi connectivity index (χ0v) is 14.8. The lowest BCUT2D eigenvalue weighted by atomic mass is 9.98. The molecule has 0 saturated heterocycles. The van der Waals surface area contributed by atoms with Crippen LogP contribution in [0, 0.1) is 0 Å². The van der Waals surface area contributed by atoms with Crippen molar-refractivity contribution in [2.45, 2.75) is 25.8 Å². The van der Waals surface area contributed by atoms with Crippen molar-refractivity contribution in [3.63, 3.8) is 0 Å². The van der Waals surface area contributed by atoms with Crippen LogP contribution in [0.15, 0.2) is 35.7 Å². The van der Waals surface area contributed by atoms with Gasteiger partial charge in [0.05, 0.1) is 23.2 Å². The van der Waals surface area contributed by atoms with E-state index < -0.39 is 0 Å². The Balaban J connectivity index is 0.00000220. The van der Waals surface area contributed by atoms with Gasteiger partial charge in [0, 0.05) is 11.9 Å². The molecule has 0 radical (unpaired) electrons. The van der Waals surface area contributed by atoms with Crippen LogP contribution in [0.4, 0.5) is 0 Å². The van der Waals surface area contributed by atoms with E-state index in [9.17, 15) is 4.79 Å². The van der Waals surface area contributed by atoms with Crippen molar-refractivity contribution in [3.05, 3.63) is 52.0 Å². The van der Waals surface area contributed by atoms with E-state index in [1.165, 1.54) is 0 Å². The summed E-state index contributed by atoms with van der Waals surface area (Å²) in [5, 5.41) is 5.99. The van der Waals surface area contributed by atoms with Crippen LogP contribution >= 0.6 is 36.2 Å². The third-order valence-corrected chi connectivity index (χ3v) is 4.14. The van der Waals surface area contributed by atoms with Crippen LogP contribution in [0.25, 0.3) is 0 Å². The third-order valence-electron chi connectivity index (χ3n) is 3.10. The van der Waals surface area contributed by atoms with Crippen molar-refractivity contribution in [1.82, 2.24) is 10.3 Å². The molecule has 2 aromatic rings. The Bertz CT molecular complexity index is 563. The molecule has 0 spiro atoms. The van der Waals surface area contributed by atoms with Gasteiger partial charge in [0.2, 0.25) is 5.91 Å². The Hall–Kier alpha value is -1.14. The summed E-state index contributed by atoms with van der Waals surface area (Å²) in [7, 11) is 0. The zero-order chi connectivity index (χ0) is 14.4. The molecule has 4 nitrogen and oxygen atoms in total. The number of benzene rings is 1. The summed E-state index contributed by atoms with van der Waals surface area (Å²) in [6, 6.07) is 9.61. The summed E-state index contributed by atoms with van der Waals surface area (Å²) in [5.74, 6) is -0.356. The number of amides is 1. The van der Waals surface area contributed by atoms with Gasteiger partial charge >= 0.3 is 0 Å². The first-order valence-corrected chi connectivity index (χ1v) is 7.58. The molecule has 1 unspecified atom stereocenters. The number of nitrogens with zero attached hydrogens (tertiary/aromatic N) is 1. The Kier molecular flexibility index (Phi) is 10.0. The minimum atomic E-state index is -0.305. The molecule has 0 bridgehead atoms. The van der Waals surface area contributed by atoms with Gasteiger partial charge in [-0.2, -0.15) is 0 Å². The van der Waals surface area contributed by atoms with Gasteiger partial charge in [-0.05, 0) is 12.0 Å². The second-order valence-corrected chi connectivity index (χ2v) is 5.45. The van der Waals surface area contributed by atoms with Gasteiger partial charge in [0.25, 0.3) is 0 Å². The molecule has 3 N–H and O–H groups in total. The Morgan fingerprint density at radius 2 is 2.00 bits per heavy atom. The first-order valence-electron chi connectivity index (χ1n) is 6.70. The number of halogens is 2. The fourth-order valence-electron chi connectivity index (χ4n) is 1.97. The Morgan fingerprint density at radius 3 is 2.55 bits per heavy atom. The highest BCUT2D eigenvalue weighted by Gasteiger charge is 2.18. The Labute approximate surface area is 147 Å². The van der Waals surface area contributed by atoms with Crippen LogP contribution in [0.2, 0.25) is 0 Å². The van der Waals surface area contributed by atoms with Crippen molar-refractivity contribution in [2.75, 3.05) is 6.54 Å². The second-order valence-electron chi connectivity index (χ2n) is 4.50. The van der Waals surface area contributed by atoms with Gasteiger partial charge in [0.15, 0.2) is 0 Å². The number of hydrogen-bond donors (Lipinski definition) is 2. The fraction of sp³-hybridized carbons (Fsp3) is 0.333. The average Bonchev–Trinajstić information content (AvgIpc) is 2.95. The van der Waals surface area contributed by atoms with E-state index in [1.54, 1.807) is 11.3 Å². The van der Waals surface area contributed by atoms with E-state index in [-0.39, 0.29) is 36.6 Å². The Morgan fingerprint density at radius 1 is 1.32 bits per heavy atom. The van der Waals surface area contributed by atoms with Gasteiger partial charge in [-0.3, -0.25) is 4.79 Å². The van der Waals surface area contributed by atoms with E-state index >= 15 is 0 Å². The largest absolute Gasteiger partial charge is 0.350 e. The first-order chi connectivity index (χ1) is 9.74. The minimum absolute atomic E-state index is 0. The predicted octanol–water partition coefficient (Wildman–Crippen LogP) is 2.91. The summed E-state index contributed by atoms with van der Waals surface area (Å²) in [5.41, 5.74) is 7.58. The highest BCUT2D eigenvalue weighted by molar-refractivity contribution is 7.09. The van der Waals surface area contributed by atoms with E-state index in [0.717, 1.165) is 22.7 Å². The smallest absolute Gasteiger partial charge is 0.229 e. The normalized spacial score (nSPS) is 11.0. The summed E-state index contributed by atoms with van der Waals surface area (Å²) in [4.78, 5) is 16.6. The topological polar surface area (TPSA) is 68.0 Å². The number of thiazole rings is 1. The molecule has 1 heterocycles. The van der Waals surface area contributed by atoms with Crippen LogP contribution in [-0.2, 0) is 17.8 Å². The minimum Gasteiger partial charge on any atom is -0.350 e. The molecule has 122 valence electrons. The molecule has 2 rings (SSSR count). The number of rotatable bonds is 6. The molecule has 0 aliphatic heterocycles. The lowest BCUT2D eigenvalue weighted by Gasteiger charge is -2.14. The van der Waals surface area contributed by atoms with Crippen molar-refractivity contribution in [3.8, 4) is 0 Å². The second kappa shape index (κ2) is 10.6. The standard InChI is InChI=1S/C15H19N3OS.2ClH/c1-2-14-18-12(10-20-14)9-17-15(19)13(8-16)11-6-4-3-5-7-11;;/h3-7,10,13H,2,8-9,16H2,1H3,(H,17,19);2*1H. The quantitative estimate of drug-likeness (QED) is 0.830. The number of aromatic nitrogens is 1. The van der Waals surface area contributed by atoms with Crippen LogP contribution in [0.1, 0.15) is 29.1 Å². The van der Waals surface area contributed by atoms with Crippen LogP contribution in [0.3, 0.4) is 0 Å². The number of aryl methyl sites for hydroxylation is 1. The molecule has 1 aromatic heterocycles. The average molecular weight is 362 g/mol. The van der Waals surface area contributed by atoms with Gasteiger partial charge < -0.3 is 11.1 Å². The number of carbonyl (C=O) groups excluding carboxylic acids is 1. The molecular formula is C15H21Cl2N3OS. The van der Waals surface area contributed by atoms with Crippen molar-refractivity contribution < 1.29 is 4.79 Å². The lowest BCUT2D eigenvalue weighted by molar-refractivity contribution is -0.122. The van der Waals surface area contributed by atoms with E-state index in [2.05, 4.69) is 17.2 Å². The predicted molar refractivity (Wildman–Crippen MR) is 96.1 cm³/mol. The van der Waals surface area contributed by atoms with Crippen molar-refractivity contribution in [1.29, 1.82) is 0 Å². The number of hydrogen-bond acceptors (Lipinski definition) is 4. The van der Waals surface area contributed by atoms with Gasteiger partial charge in [-0.25, -0.2) is 4.98 Å². The van der Waals surface area contributed by atoms with Crippen LogP contribution in [0.5, 0.6) is 0 Å². The molecule has 0 fully saturated rings. The monoisotopic (exact) mass is 361 g/mol. The number of nitrogens with one attached hydrogen (secondary N) is 1. The number of nitrogens with two attached hydrogens (primary N) is 1. The zero-order valence-electron chi connectivity index (χ0n) is 12.3. The molecule has 1 amide bonds. The van der Waals surface area contributed by atoms with Gasteiger partial charge in [0.1, 0.15) is 0 Å². The summed E-state index contributed by atoms with van der Waals surface area (Å²) in [6.07, 6.45) is 0.925. The van der Waals surface area contributed by atoms with Crippen molar-refractivity contribution >= 4 is 42.1 Å². The highest BCUT2D eigenvalue weighted by Crippen LogP contribution is 2.15. The van der Waals surface area contributed by atoms with Crippen LogP contribution < -0.4 is 11.1 Å². The maximum Gasteiger partial charge on any atom is 0.229 e. The fourth-order valence-corrected chi connectivity index (χ4v) is 2.72. The van der Waals surface area contributed by atoms with Crippen molar-refractivity contribution in [2.24, 2.45) is 5.73 Å².